The van der Waals surface area contributed by atoms with Crippen LogP contribution in [0.4, 0.5) is 0 Å². The highest BCUT2D eigenvalue weighted by atomic mass is 16.5. The Morgan fingerprint density at radius 1 is 0.759 bits per heavy atom. The number of carbonyl (C=O) groups excluding carboxylic acids is 2. The van der Waals surface area contributed by atoms with Crippen molar-refractivity contribution in [3.8, 4) is 11.8 Å². The van der Waals surface area contributed by atoms with Gasteiger partial charge < -0.3 is 45.1 Å². The minimum atomic E-state index is -2.22. The van der Waals surface area contributed by atoms with Crippen LogP contribution < -0.4 is 5.32 Å². The second kappa shape index (κ2) is 18.8. The van der Waals surface area contributed by atoms with Gasteiger partial charge in [0, 0.05) is 64.5 Å². The SMILES string of the molecule is CN[C@@H]1Cc2c(cccc2CO)C#CCC[C@]23CC[C@H]4[C@@](O)([C@@H](O)[C@H]5C[C@@H]6CC[C@]78CC[C@]9(Cc%10cccc(c%10)C[C@H]%10CC[C@H](C%10)[C@@H]6C)O[C@H]7[C@@]6(C[C@@]4(C=O)[C@]58O)[C@@H]4C[C@H]5C[C@@H](c7ccccc7)CC[C@@]56CC[C@@H]49)[C@@]2(O)C[C@@H]2C[C@@H]1[C@@H]1OC(=O)C=C1[C@@H]23. The monoisotopic (exact) mass is 1180 g/mol. The standard InChI is InChI=1S/C77H93NO9/c1-44-50-18-17-46(32-50)30-45-10-8-11-47(31-45)39-73-29-28-71-25-19-51(44)35-61-67(82)76(84)63(72(43-80,77(61,71)85)42-74(68(71)87-73)60-36-55-33-52(48-12-4-3-5-13-48)20-24-69(55,74)26-21-59(60)73)22-27-70-23-7-6-14-49-15-9-16-53(41-79)56(49)37-62(78-2)57-34-54(40-75(70,76)83)65(70)58-38-64(81)86-66(57)58/h3-5,8-13,15-16,31,38,43-44,46,50-52,54-55,57,59-63,65-68,78-79,82-85H,7,17-30,32-37,39-42H2,1-2H3/t44-,46+,50+,51-,52-,54-,55+,57-,59-,60+,61+,62+,63+,65+,66-,67-,68+,69+,70+,71-,72-,73+,74+,75+,76+,77-/m0/s1. The van der Waals surface area contributed by atoms with Crippen molar-refractivity contribution in [3.05, 3.63) is 118 Å². The third kappa shape index (κ3) is 6.61. The van der Waals surface area contributed by atoms with E-state index in [1.165, 1.54) is 29.4 Å². The molecule has 0 aromatic heterocycles. The van der Waals surface area contributed by atoms with E-state index in [1.807, 2.05) is 25.2 Å². The van der Waals surface area contributed by atoms with Crippen molar-refractivity contribution in [1.82, 2.24) is 5.32 Å². The Morgan fingerprint density at radius 3 is 2.40 bits per heavy atom. The Balaban J connectivity index is 0.856. The average molecular weight is 1180 g/mol. The van der Waals surface area contributed by atoms with Crippen molar-refractivity contribution in [2.24, 2.45) is 98.1 Å². The molecule has 460 valence electrons. The van der Waals surface area contributed by atoms with Gasteiger partial charge in [-0.05, 0) is 252 Å². The lowest BCUT2D eigenvalue weighted by Crippen LogP contribution is -2.91. The zero-order chi connectivity index (χ0) is 59.0. The number of hydrogen-bond acceptors (Lipinski definition) is 10. The second-order valence-corrected chi connectivity index (χ2v) is 32.9. The molecule has 13 aliphatic carbocycles. The van der Waals surface area contributed by atoms with Gasteiger partial charge in [0.1, 0.15) is 23.6 Å². The van der Waals surface area contributed by atoms with E-state index in [1.54, 1.807) is 6.08 Å². The highest BCUT2D eigenvalue weighted by Crippen LogP contribution is 2.89. The fraction of sp³-hybridized carbons (Fsp3) is 0.688. The Kier molecular flexibility index (Phi) is 12.0. The van der Waals surface area contributed by atoms with Gasteiger partial charge >= 0.3 is 5.97 Å². The summed E-state index contributed by atoms with van der Waals surface area (Å²) in [5.41, 5.74) is -2.77. The molecule has 20 rings (SSSR count). The Hall–Kier alpha value is -4.18. The second-order valence-electron chi connectivity index (χ2n) is 32.9. The summed E-state index contributed by atoms with van der Waals surface area (Å²) in [6.07, 6.45) is 19.1. The van der Waals surface area contributed by atoms with Gasteiger partial charge in [0.25, 0.3) is 0 Å². The predicted octanol–water partition coefficient (Wildman–Crippen LogP) is 10.7. The maximum Gasteiger partial charge on any atom is 0.331 e. The first-order valence-electron chi connectivity index (χ1n) is 35.0. The van der Waals surface area contributed by atoms with E-state index in [0.29, 0.717) is 81.5 Å². The summed E-state index contributed by atoms with van der Waals surface area (Å²) in [6.45, 7) is 2.34. The number of carbonyl (C=O) groups is 2. The molecule has 87 heavy (non-hydrogen) atoms. The Bertz CT molecular complexity index is 3460. The largest absolute Gasteiger partial charge is 0.454 e. The molecule has 6 N–H and O–H groups in total. The fourth-order valence-corrected chi connectivity index (χ4v) is 28.4. The van der Waals surface area contributed by atoms with Crippen molar-refractivity contribution < 1.29 is 44.6 Å². The maximum absolute atomic E-state index is 16.4. The van der Waals surface area contributed by atoms with E-state index < -0.39 is 68.1 Å². The van der Waals surface area contributed by atoms with Crippen LogP contribution in [0.15, 0.2) is 84.4 Å². The molecular weight excluding hydrogens is 1080 g/mol. The molecule has 10 saturated carbocycles. The number of hydrogen-bond donors (Lipinski definition) is 6. The number of rotatable bonds is 4. The lowest BCUT2D eigenvalue weighted by atomic mass is 9.25. The van der Waals surface area contributed by atoms with Crippen molar-refractivity contribution >= 4 is 12.3 Å². The predicted molar refractivity (Wildman–Crippen MR) is 328 cm³/mol. The van der Waals surface area contributed by atoms with Crippen LogP contribution in [0, 0.1) is 110 Å². The molecule has 16 bridgehead atoms. The first-order chi connectivity index (χ1) is 42.1. The highest BCUT2D eigenvalue weighted by Gasteiger charge is 2.93. The molecule has 0 radical (unpaired) electrons. The molecular formula is C77H93NO9. The van der Waals surface area contributed by atoms with Crippen molar-refractivity contribution in [3.63, 3.8) is 0 Å². The van der Waals surface area contributed by atoms with E-state index in [-0.39, 0.29) is 78.0 Å². The number of aldehydes is 1. The first kappa shape index (κ1) is 55.6. The molecule has 26 atom stereocenters. The lowest BCUT2D eigenvalue weighted by Gasteiger charge is -2.83. The molecule has 4 heterocycles. The molecule has 3 aromatic carbocycles. The van der Waals surface area contributed by atoms with Crippen LogP contribution in [0.5, 0.6) is 0 Å². The van der Waals surface area contributed by atoms with Gasteiger partial charge in [-0.15, -0.1) is 0 Å². The van der Waals surface area contributed by atoms with Gasteiger partial charge in [0.05, 0.1) is 35.4 Å². The van der Waals surface area contributed by atoms with Crippen LogP contribution in [0.25, 0.3) is 0 Å². The van der Waals surface area contributed by atoms with Crippen molar-refractivity contribution in [2.75, 3.05) is 7.05 Å². The van der Waals surface area contributed by atoms with Gasteiger partial charge in [0.2, 0.25) is 0 Å². The summed E-state index contributed by atoms with van der Waals surface area (Å²) >= 11 is 0. The van der Waals surface area contributed by atoms with Gasteiger partial charge in [-0.3, -0.25) is 0 Å². The molecule has 0 amide bonds. The van der Waals surface area contributed by atoms with Crippen LogP contribution in [0.3, 0.4) is 0 Å². The number of aliphatic hydroxyl groups is 5. The molecule has 10 nitrogen and oxygen atoms in total. The maximum atomic E-state index is 16.4. The number of esters is 1. The van der Waals surface area contributed by atoms with Crippen LogP contribution in [0.2, 0.25) is 0 Å². The van der Waals surface area contributed by atoms with Gasteiger partial charge in [0.15, 0.2) is 0 Å². The van der Waals surface area contributed by atoms with E-state index >= 15 is 20.1 Å². The highest BCUT2D eigenvalue weighted by molar-refractivity contribution is 5.86. The lowest BCUT2D eigenvalue weighted by molar-refractivity contribution is -0.447. The van der Waals surface area contributed by atoms with Crippen LogP contribution >= 0.6 is 0 Å². The summed E-state index contributed by atoms with van der Waals surface area (Å²) in [5.74, 6) is 6.86. The number of ether oxygens (including phenoxy) is 2. The molecule has 4 aliphatic heterocycles. The zero-order valence-electron chi connectivity index (χ0n) is 51.4. The fourth-order valence-electron chi connectivity index (χ4n) is 28.4. The molecule has 10 heteroatoms. The third-order valence-corrected chi connectivity index (χ3v) is 31.3. The zero-order valence-corrected chi connectivity index (χ0v) is 51.4. The minimum Gasteiger partial charge on any atom is -0.454 e. The molecule has 0 unspecified atom stereocenters. The molecule has 17 aliphatic rings. The van der Waals surface area contributed by atoms with E-state index in [0.717, 1.165) is 106 Å². The summed E-state index contributed by atoms with van der Waals surface area (Å²) in [5, 5.41) is 75.7. The smallest absolute Gasteiger partial charge is 0.331 e. The van der Waals surface area contributed by atoms with Gasteiger partial charge in [-0.1, -0.05) is 85.5 Å². The first-order valence-corrected chi connectivity index (χ1v) is 35.0. The number of benzene rings is 3. The summed E-state index contributed by atoms with van der Waals surface area (Å²) < 4.78 is 15.1. The van der Waals surface area contributed by atoms with Crippen LogP contribution in [-0.4, -0.2) is 91.6 Å². The van der Waals surface area contributed by atoms with Crippen LogP contribution in [0.1, 0.15) is 181 Å². The van der Waals surface area contributed by atoms with Crippen LogP contribution in [-0.2, 0) is 44.9 Å². The molecule has 12 fully saturated rings. The van der Waals surface area contributed by atoms with E-state index in [2.05, 4.69) is 78.7 Å². The van der Waals surface area contributed by atoms with Gasteiger partial charge in [-0.25, -0.2) is 4.79 Å². The Labute approximate surface area is 514 Å². The Morgan fingerprint density at radius 2 is 1.56 bits per heavy atom. The van der Waals surface area contributed by atoms with E-state index in [9.17, 15) is 15.0 Å². The molecule has 5 spiro atoms. The minimum absolute atomic E-state index is 0.100. The summed E-state index contributed by atoms with van der Waals surface area (Å²) in [7, 11) is 1.96. The van der Waals surface area contributed by atoms with Gasteiger partial charge in [-0.2, -0.15) is 0 Å². The molecule has 2 saturated heterocycles. The van der Waals surface area contributed by atoms with Crippen molar-refractivity contribution in [1.29, 1.82) is 0 Å². The molecule has 3 aromatic rings. The topological polar surface area (TPSA) is 166 Å². The third-order valence-electron chi connectivity index (χ3n) is 31.3. The van der Waals surface area contributed by atoms with Crippen molar-refractivity contribution in [2.45, 2.75) is 220 Å². The number of likely N-dealkylation sites (N-methyl/N-ethyl adjacent to an activating group) is 1. The number of nitrogens with one attached hydrogen (secondary N) is 1. The summed E-state index contributed by atoms with van der Waals surface area (Å²) in [6, 6.07) is 26.5. The summed E-state index contributed by atoms with van der Waals surface area (Å²) in [4.78, 5) is 30.4. The number of fused-ring (bicyclic) bond motifs is 7. The normalized spacial score (nSPS) is 52.2. The number of aliphatic hydroxyl groups excluding tert-OH is 2. The van der Waals surface area contributed by atoms with E-state index in [4.69, 9.17) is 9.47 Å². The quantitative estimate of drug-likeness (QED) is 0.0841. The average Bonchev–Trinajstić information content (AvgIpc) is 1.61.